The molecular formula is C25H24FNO6S. The zero-order valence-corrected chi connectivity index (χ0v) is 19.2. The molecule has 7 nitrogen and oxygen atoms in total. The summed E-state index contributed by atoms with van der Waals surface area (Å²) in [5.41, 5.74) is 2.23. The fourth-order valence-electron chi connectivity index (χ4n) is 3.14. The van der Waals surface area contributed by atoms with Crippen molar-refractivity contribution < 1.29 is 31.7 Å². The molecule has 178 valence electrons. The molecule has 0 radical (unpaired) electrons. The van der Waals surface area contributed by atoms with Gasteiger partial charge in [-0.25, -0.2) is 4.39 Å². The number of benzene rings is 3. The lowest BCUT2D eigenvalue weighted by Crippen LogP contribution is -2.24. The maximum atomic E-state index is 13.0. The SMILES string of the molecule is C/C(=N\OCc1ccc(F)cc1)C(Cc1ccc(OS(=O)(=O)Cc2ccccc2)cc1)C(=O)O. The highest BCUT2D eigenvalue weighted by atomic mass is 32.2. The third kappa shape index (κ3) is 7.70. The summed E-state index contributed by atoms with van der Waals surface area (Å²) in [7, 11) is -3.84. The topological polar surface area (TPSA) is 102 Å². The number of aliphatic carboxylic acids is 1. The summed E-state index contributed by atoms with van der Waals surface area (Å²) in [5, 5.41) is 13.5. The Kier molecular flexibility index (Phi) is 8.37. The highest BCUT2D eigenvalue weighted by Gasteiger charge is 2.22. The number of carboxylic acids is 1. The maximum absolute atomic E-state index is 13.0. The van der Waals surface area contributed by atoms with Crippen LogP contribution < -0.4 is 4.18 Å². The quantitative estimate of drug-likeness (QED) is 0.243. The average Bonchev–Trinajstić information content (AvgIpc) is 2.79. The highest BCUT2D eigenvalue weighted by Crippen LogP contribution is 2.19. The second kappa shape index (κ2) is 11.4. The van der Waals surface area contributed by atoms with Crippen LogP contribution in [0, 0.1) is 11.7 Å². The Morgan fingerprint density at radius 1 is 0.941 bits per heavy atom. The largest absolute Gasteiger partial charge is 0.481 e. The smallest absolute Gasteiger partial charge is 0.313 e. The van der Waals surface area contributed by atoms with E-state index in [1.54, 1.807) is 61.5 Å². The van der Waals surface area contributed by atoms with Crippen molar-refractivity contribution in [2.75, 3.05) is 0 Å². The first-order valence-electron chi connectivity index (χ1n) is 10.4. The fourth-order valence-corrected chi connectivity index (χ4v) is 4.20. The number of halogens is 1. The number of hydrogen-bond acceptors (Lipinski definition) is 6. The molecule has 1 unspecified atom stereocenters. The standard InChI is InChI=1S/C25H24FNO6S/c1-18(27-32-16-20-7-11-22(26)12-8-20)24(25(28)29)15-19-9-13-23(14-10-19)33-34(30,31)17-21-5-3-2-4-6-21/h2-14,24H,15-17H2,1H3,(H,28,29)/b27-18+. The Balaban J connectivity index is 1.59. The van der Waals surface area contributed by atoms with Crippen LogP contribution in [0.3, 0.4) is 0 Å². The van der Waals surface area contributed by atoms with Crippen LogP contribution >= 0.6 is 0 Å². The van der Waals surface area contributed by atoms with Gasteiger partial charge in [-0.05, 0) is 54.3 Å². The molecule has 1 N–H and O–H groups in total. The van der Waals surface area contributed by atoms with Gasteiger partial charge in [0.1, 0.15) is 29.8 Å². The van der Waals surface area contributed by atoms with Gasteiger partial charge in [-0.15, -0.1) is 0 Å². The van der Waals surface area contributed by atoms with E-state index >= 15 is 0 Å². The van der Waals surface area contributed by atoms with E-state index in [-0.39, 0.29) is 36.1 Å². The molecule has 0 aromatic heterocycles. The summed E-state index contributed by atoms with van der Waals surface area (Å²) < 4.78 is 42.7. The minimum atomic E-state index is -3.84. The second-order valence-corrected chi connectivity index (χ2v) is 9.21. The minimum Gasteiger partial charge on any atom is -0.481 e. The van der Waals surface area contributed by atoms with E-state index in [0.717, 1.165) is 0 Å². The number of rotatable bonds is 11. The van der Waals surface area contributed by atoms with Gasteiger partial charge in [0.05, 0.1) is 5.71 Å². The van der Waals surface area contributed by atoms with Crippen LogP contribution in [0.15, 0.2) is 84.0 Å². The normalized spacial score (nSPS) is 12.7. The van der Waals surface area contributed by atoms with Gasteiger partial charge in [-0.2, -0.15) is 8.42 Å². The molecule has 0 aliphatic heterocycles. The number of nitrogens with zero attached hydrogens (tertiary/aromatic N) is 1. The van der Waals surface area contributed by atoms with E-state index in [0.29, 0.717) is 16.7 Å². The van der Waals surface area contributed by atoms with Gasteiger partial charge >= 0.3 is 16.1 Å². The van der Waals surface area contributed by atoms with Crippen LogP contribution in [-0.4, -0.2) is 25.2 Å². The number of oxime groups is 1. The summed E-state index contributed by atoms with van der Waals surface area (Å²) in [6.45, 7) is 1.63. The zero-order valence-electron chi connectivity index (χ0n) is 18.4. The molecule has 0 saturated heterocycles. The van der Waals surface area contributed by atoms with Crippen molar-refractivity contribution >= 4 is 21.8 Å². The van der Waals surface area contributed by atoms with Gasteiger partial charge in [-0.1, -0.05) is 59.8 Å². The molecule has 3 aromatic carbocycles. The molecule has 3 aromatic rings. The molecule has 1 atom stereocenters. The van der Waals surface area contributed by atoms with E-state index in [1.165, 1.54) is 24.3 Å². The molecule has 0 saturated carbocycles. The van der Waals surface area contributed by atoms with Crippen molar-refractivity contribution in [3.8, 4) is 5.75 Å². The number of carboxylic acid groups (broad SMARTS) is 1. The predicted octanol–water partition coefficient (Wildman–Crippen LogP) is 4.57. The van der Waals surface area contributed by atoms with Crippen molar-refractivity contribution in [2.45, 2.75) is 25.7 Å². The zero-order chi connectivity index (χ0) is 24.6. The van der Waals surface area contributed by atoms with E-state index in [2.05, 4.69) is 5.16 Å². The Hall–Kier alpha value is -3.72. The van der Waals surface area contributed by atoms with Crippen LogP contribution in [0.2, 0.25) is 0 Å². The van der Waals surface area contributed by atoms with Crippen molar-refractivity contribution in [2.24, 2.45) is 11.1 Å². The summed E-state index contributed by atoms with van der Waals surface area (Å²) >= 11 is 0. The number of carbonyl (C=O) groups is 1. The molecule has 0 aliphatic rings. The second-order valence-electron chi connectivity index (χ2n) is 7.64. The first kappa shape index (κ1) is 24.9. The molecule has 0 amide bonds. The van der Waals surface area contributed by atoms with Gasteiger partial charge in [0.25, 0.3) is 0 Å². The highest BCUT2D eigenvalue weighted by molar-refractivity contribution is 7.86. The van der Waals surface area contributed by atoms with E-state index < -0.39 is 22.0 Å². The van der Waals surface area contributed by atoms with Crippen molar-refractivity contribution in [1.29, 1.82) is 0 Å². The molecule has 34 heavy (non-hydrogen) atoms. The van der Waals surface area contributed by atoms with Gasteiger partial charge in [0.2, 0.25) is 0 Å². The molecule has 0 fully saturated rings. The molecule has 9 heteroatoms. The Bertz CT molecular complexity index is 1230. The van der Waals surface area contributed by atoms with Gasteiger partial charge in [0.15, 0.2) is 0 Å². The Morgan fingerprint density at radius 2 is 1.56 bits per heavy atom. The monoisotopic (exact) mass is 485 g/mol. The van der Waals surface area contributed by atoms with Crippen LogP contribution in [0.25, 0.3) is 0 Å². The molecule has 0 spiro atoms. The first-order valence-corrected chi connectivity index (χ1v) is 12.0. The molecule has 0 bridgehead atoms. The van der Waals surface area contributed by atoms with Gasteiger partial charge < -0.3 is 14.1 Å². The molecule has 3 rings (SSSR count). The lowest BCUT2D eigenvalue weighted by atomic mass is 9.95. The van der Waals surface area contributed by atoms with Crippen LogP contribution in [0.4, 0.5) is 4.39 Å². The lowest BCUT2D eigenvalue weighted by Gasteiger charge is -2.13. The van der Waals surface area contributed by atoms with E-state index in [9.17, 15) is 22.7 Å². The van der Waals surface area contributed by atoms with Gasteiger partial charge in [0, 0.05) is 0 Å². The minimum absolute atomic E-state index is 0.0768. The van der Waals surface area contributed by atoms with Crippen LogP contribution in [0.5, 0.6) is 5.75 Å². The third-order valence-electron chi connectivity index (χ3n) is 4.93. The summed E-state index contributed by atoms with van der Waals surface area (Å²) in [4.78, 5) is 17.0. The maximum Gasteiger partial charge on any atom is 0.313 e. The van der Waals surface area contributed by atoms with Crippen molar-refractivity contribution in [1.82, 2.24) is 0 Å². The Labute approximate surface area is 197 Å². The molecule has 0 aliphatic carbocycles. The van der Waals surface area contributed by atoms with Crippen molar-refractivity contribution in [3.63, 3.8) is 0 Å². The van der Waals surface area contributed by atoms with E-state index in [1.807, 2.05) is 0 Å². The third-order valence-corrected chi connectivity index (χ3v) is 6.06. The van der Waals surface area contributed by atoms with Crippen LogP contribution in [-0.2, 0) is 38.5 Å². The summed E-state index contributed by atoms with van der Waals surface area (Å²) in [5.74, 6) is -2.50. The number of hydrogen-bond donors (Lipinski definition) is 1. The molecule has 0 heterocycles. The summed E-state index contributed by atoms with van der Waals surface area (Å²) in [6.07, 6.45) is 0.127. The predicted molar refractivity (Wildman–Crippen MR) is 125 cm³/mol. The average molecular weight is 486 g/mol. The van der Waals surface area contributed by atoms with Crippen molar-refractivity contribution in [3.05, 3.63) is 101 Å². The fraction of sp³-hybridized carbons (Fsp3) is 0.200. The van der Waals surface area contributed by atoms with Crippen LogP contribution in [0.1, 0.15) is 23.6 Å². The first-order chi connectivity index (χ1) is 16.2. The molecular weight excluding hydrogens is 461 g/mol. The van der Waals surface area contributed by atoms with Gasteiger partial charge in [-0.3, -0.25) is 4.79 Å². The summed E-state index contributed by atoms with van der Waals surface area (Å²) in [6, 6.07) is 20.6. The van der Waals surface area contributed by atoms with E-state index in [4.69, 9.17) is 9.02 Å². The Morgan fingerprint density at radius 3 is 2.18 bits per heavy atom. The lowest BCUT2D eigenvalue weighted by molar-refractivity contribution is -0.139.